The molecule has 0 radical (unpaired) electrons. The highest BCUT2D eigenvalue weighted by atomic mass is 16.3. The third-order valence-corrected chi connectivity index (χ3v) is 17.9. The molecule has 0 bridgehead atoms. The van der Waals surface area contributed by atoms with Gasteiger partial charge < -0.3 is 27.4 Å². The second-order valence-corrected chi connectivity index (χ2v) is 22.4. The maximum Gasteiger partial charge on any atom is 0.159 e. The van der Waals surface area contributed by atoms with Gasteiger partial charge in [-0.1, -0.05) is 170 Å². The first-order valence-electron chi connectivity index (χ1n) is 28.7. The predicted octanol–water partition coefficient (Wildman–Crippen LogP) is 22.1. The van der Waals surface area contributed by atoms with Crippen LogP contribution >= 0.6 is 0 Å². The Morgan fingerprint density at radius 1 is 0.226 bits per heavy atom. The van der Waals surface area contributed by atoms with Crippen LogP contribution in [0.15, 0.2) is 288 Å². The molecule has 0 unspecified atom stereocenters. The first-order chi connectivity index (χ1) is 41.7. The Balaban J connectivity index is 0.693. The van der Waals surface area contributed by atoms with Crippen molar-refractivity contribution >= 4 is 154 Å². The van der Waals surface area contributed by atoms with Gasteiger partial charge in [0.05, 0.1) is 44.5 Å². The average molecular weight is 1070 g/mol. The van der Waals surface area contributed by atoms with Crippen molar-refractivity contribution in [3.63, 3.8) is 0 Å². The SMILES string of the molecule is c1ccc(N(c2ccc(-c3ccc4c(c3)c3cccc5c6cc7c(cc6n4c35)c3cccc4c5cc(-c6ccc(N(c8ccccc8)c8cccc9c8oc8ccccc89)cc6)ccc5n7c43)cc2)c2cccc3c2oc2ccccc23)cc1. The molecule has 0 saturated heterocycles. The summed E-state index contributed by atoms with van der Waals surface area (Å²) in [4.78, 5) is 4.60. The van der Waals surface area contributed by atoms with Gasteiger partial charge in [-0.05, 0) is 131 Å². The largest absolute Gasteiger partial charge is 0.454 e. The van der Waals surface area contributed by atoms with Crippen LogP contribution in [0, 0.1) is 0 Å². The summed E-state index contributed by atoms with van der Waals surface area (Å²) in [5.41, 5.74) is 21.9. The van der Waals surface area contributed by atoms with E-state index in [-0.39, 0.29) is 0 Å². The van der Waals surface area contributed by atoms with Crippen LogP contribution in [0.1, 0.15) is 0 Å². The zero-order chi connectivity index (χ0) is 54.7. The van der Waals surface area contributed by atoms with Gasteiger partial charge in [-0.3, -0.25) is 0 Å². The second kappa shape index (κ2) is 17.1. The van der Waals surface area contributed by atoms with Crippen LogP contribution in [0.5, 0.6) is 0 Å². The molecule has 84 heavy (non-hydrogen) atoms. The molecule has 0 atom stereocenters. The highest BCUT2D eigenvalue weighted by molar-refractivity contribution is 6.29. The summed E-state index contributed by atoms with van der Waals surface area (Å²) in [6.45, 7) is 0. The van der Waals surface area contributed by atoms with Crippen molar-refractivity contribution in [2.45, 2.75) is 0 Å². The average Bonchev–Trinajstić information content (AvgIpc) is 2.39. The minimum Gasteiger partial charge on any atom is -0.454 e. The molecule has 0 amide bonds. The first kappa shape index (κ1) is 45.4. The molecule has 0 aliphatic rings. The summed E-state index contributed by atoms with van der Waals surface area (Å²) >= 11 is 0. The van der Waals surface area contributed by atoms with Crippen LogP contribution in [-0.2, 0) is 0 Å². The molecule has 19 aromatic rings. The maximum absolute atomic E-state index is 6.58. The van der Waals surface area contributed by atoms with E-state index in [0.29, 0.717) is 0 Å². The molecule has 6 aromatic heterocycles. The Bertz CT molecular complexity index is 5490. The molecular formula is C78H46N4O2. The highest BCUT2D eigenvalue weighted by Crippen LogP contribution is 2.48. The lowest BCUT2D eigenvalue weighted by atomic mass is 10.0. The summed E-state index contributed by atoms with van der Waals surface area (Å²) in [6, 6.07) is 101. The molecule has 6 heteroatoms. The minimum absolute atomic E-state index is 0.871. The van der Waals surface area contributed by atoms with Crippen molar-refractivity contribution in [3.8, 4) is 22.3 Å². The quantitative estimate of drug-likeness (QED) is 0.152. The van der Waals surface area contributed by atoms with E-state index in [1.54, 1.807) is 0 Å². The van der Waals surface area contributed by atoms with Gasteiger partial charge in [0.1, 0.15) is 11.2 Å². The summed E-state index contributed by atoms with van der Waals surface area (Å²) in [7, 11) is 0. The van der Waals surface area contributed by atoms with Gasteiger partial charge in [0.15, 0.2) is 11.2 Å². The van der Waals surface area contributed by atoms with E-state index in [4.69, 9.17) is 8.83 Å². The smallest absolute Gasteiger partial charge is 0.159 e. The van der Waals surface area contributed by atoms with Crippen LogP contribution in [0.3, 0.4) is 0 Å². The summed E-state index contributed by atoms with van der Waals surface area (Å²) in [5, 5.41) is 14.5. The van der Waals surface area contributed by atoms with Crippen LogP contribution in [0.4, 0.5) is 34.1 Å². The number of fused-ring (bicyclic) bond motifs is 18. The number of hydrogen-bond acceptors (Lipinski definition) is 4. The number of furan rings is 2. The number of rotatable bonds is 8. The van der Waals surface area contributed by atoms with Crippen LogP contribution in [0.25, 0.3) is 142 Å². The Kier molecular flexibility index (Phi) is 9.24. The molecule has 0 spiro atoms. The summed E-state index contributed by atoms with van der Waals surface area (Å²) in [5.74, 6) is 0. The van der Waals surface area contributed by atoms with Gasteiger partial charge in [-0.2, -0.15) is 0 Å². The third-order valence-electron chi connectivity index (χ3n) is 17.9. The van der Waals surface area contributed by atoms with E-state index in [0.717, 1.165) is 89.1 Å². The second-order valence-electron chi connectivity index (χ2n) is 22.4. The molecule has 0 aliphatic heterocycles. The predicted molar refractivity (Wildman–Crippen MR) is 351 cm³/mol. The Morgan fingerprint density at radius 3 is 0.988 bits per heavy atom. The van der Waals surface area contributed by atoms with Gasteiger partial charge in [0, 0.05) is 87.4 Å². The van der Waals surface area contributed by atoms with Gasteiger partial charge in [0.25, 0.3) is 0 Å². The monoisotopic (exact) mass is 1070 g/mol. The number of nitrogens with zero attached hydrogens (tertiary/aromatic N) is 4. The number of para-hydroxylation sites is 8. The van der Waals surface area contributed by atoms with Gasteiger partial charge in [-0.15, -0.1) is 0 Å². The van der Waals surface area contributed by atoms with Gasteiger partial charge >= 0.3 is 0 Å². The Hall–Kier alpha value is -11.3. The molecule has 0 aliphatic carbocycles. The van der Waals surface area contributed by atoms with Crippen LogP contribution in [0.2, 0.25) is 0 Å². The normalized spacial score (nSPS) is 12.3. The fourth-order valence-electron chi connectivity index (χ4n) is 14.2. The third kappa shape index (κ3) is 6.33. The van der Waals surface area contributed by atoms with E-state index < -0.39 is 0 Å². The molecule has 0 saturated carbocycles. The Labute approximate surface area is 480 Å². The Morgan fingerprint density at radius 2 is 0.560 bits per heavy atom. The van der Waals surface area contributed by atoms with Crippen molar-refractivity contribution in [1.29, 1.82) is 0 Å². The van der Waals surface area contributed by atoms with Crippen molar-refractivity contribution < 1.29 is 8.83 Å². The molecule has 0 fully saturated rings. The highest BCUT2D eigenvalue weighted by Gasteiger charge is 2.25. The van der Waals surface area contributed by atoms with Crippen LogP contribution in [-0.4, -0.2) is 8.80 Å². The molecular weight excluding hydrogens is 1020 g/mol. The fraction of sp³-hybridized carbons (Fsp3) is 0. The number of anilines is 6. The van der Waals surface area contributed by atoms with E-state index in [9.17, 15) is 0 Å². The van der Waals surface area contributed by atoms with E-state index in [1.165, 1.54) is 87.3 Å². The molecule has 390 valence electrons. The molecule has 13 aromatic carbocycles. The fourth-order valence-corrected chi connectivity index (χ4v) is 14.2. The molecule has 6 heterocycles. The van der Waals surface area contributed by atoms with Crippen molar-refractivity contribution in [2.75, 3.05) is 9.80 Å². The summed E-state index contributed by atoms with van der Waals surface area (Å²) < 4.78 is 18.2. The van der Waals surface area contributed by atoms with Crippen molar-refractivity contribution in [2.24, 2.45) is 0 Å². The standard InChI is InChI=1S/C78H46N4O2/c1-3-15-51(16-4-1)79(69-27-13-25-61-55-19-7-9-29-73(55)83-77(61)69)53-37-31-47(32-38-53)49-35-41-67-63(43-49)57-21-11-23-59-65-46-72-66(45-71(65)81(67)75(57)59)60-24-12-22-58-64-44-50(36-42-68(64)82(72)76(58)60)48-33-39-54(40-34-48)80(52-17-5-2-6-18-52)70-28-14-26-62-56-20-8-10-30-74(56)84-78(62)70/h1-46H. The van der Waals surface area contributed by atoms with E-state index in [2.05, 4.69) is 273 Å². The van der Waals surface area contributed by atoms with Crippen LogP contribution < -0.4 is 9.80 Å². The van der Waals surface area contributed by atoms with E-state index >= 15 is 0 Å². The molecule has 19 rings (SSSR count). The zero-order valence-electron chi connectivity index (χ0n) is 45.2. The van der Waals surface area contributed by atoms with Gasteiger partial charge in [0.2, 0.25) is 0 Å². The first-order valence-corrected chi connectivity index (χ1v) is 28.7. The minimum atomic E-state index is 0.871. The van der Waals surface area contributed by atoms with E-state index in [1.807, 2.05) is 24.3 Å². The lowest BCUT2D eigenvalue weighted by Crippen LogP contribution is -2.10. The maximum atomic E-state index is 6.58. The number of aromatic nitrogens is 2. The van der Waals surface area contributed by atoms with Crippen molar-refractivity contribution in [3.05, 3.63) is 279 Å². The lowest BCUT2D eigenvalue weighted by molar-refractivity contribution is 0.668. The molecule has 0 N–H and O–H groups in total. The molecule has 6 nitrogen and oxygen atoms in total. The lowest BCUT2D eigenvalue weighted by Gasteiger charge is -2.25. The number of benzene rings is 13. The topological polar surface area (TPSA) is 41.6 Å². The van der Waals surface area contributed by atoms with Crippen molar-refractivity contribution in [1.82, 2.24) is 8.80 Å². The zero-order valence-corrected chi connectivity index (χ0v) is 45.2. The summed E-state index contributed by atoms with van der Waals surface area (Å²) in [6.07, 6.45) is 0. The number of hydrogen-bond donors (Lipinski definition) is 0. The van der Waals surface area contributed by atoms with Gasteiger partial charge in [-0.25, -0.2) is 0 Å².